The Morgan fingerprint density at radius 1 is 1.07 bits per heavy atom. The molecule has 1 heterocycles. The third kappa shape index (κ3) is 5.12. The van der Waals surface area contributed by atoms with E-state index in [0.29, 0.717) is 16.5 Å². The molecule has 2 aromatic rings. The van der Waals surface area contributed by atoms with Crippen LogP contribution in [0.25, 0.3) is 6.08 Å². The minimum Gasteiger partial charge on any atom is -0.331 e. The van der Waals surface area contributed by atoms with Crippen LogP contribution in [0.15, 0.2) is 54.6 Å². The second kappa shape index (κ2) is 8.46. The van der Waals surface area contributed by atoms with E-state index in [1.54, 1.807) is 23.1 Å². The van der Waals surface area contributed by atoms with Crippen molar-refractivity contribution in [2.75, 3.05) is 11.5 Å². The topological polar surface area (TPSA) is 54.5 Å². The van der Waals surface area contributed by atoms with E-state index in [1.807, 2.05) is 36.4 Å². The van der Waals surface area contributed by atoms with E-state index in [1.165, 1.54) is 6.08 Å². The zero-order chi connectivity index (χ0) is 19.4. The van der Waals surface area contributed by atoms with Gasteiger partial charge in [-0.1, -0.05) is 59.6 Å². The fourth-order valence-electron chi connectivity index (χ4n) is 3.09. The summed E-state index contributed by atoms with van der Waals surface area (Å²) in [6.07, 6.45) is 3.51. The molecule has 7 heteroatoms. The van der Waals surface area contributed by atoms with E-state index in [2.05, 4.69) is 0 Å². The summed E-state index contributed by atoms with van der Waals surface area (Å²) in [7, 11) is -3.12. The Kier molecular flexibility index (Phi) is 6.25. The lowest BCUT2D eigenvalue weighted by atomic mass is 10.1. The highest BCUT2D eigenvalue weighted by Gasteiger charge is 2.34. The van der Waals surface area contributed by atoms with Gasteiger partial charge in [-0.3, -0.25) is 4.79 Å². The lowest BCUT2D eigenvalue weighted by Gasteiger charge is -2.27. The van der Waals surface area contributed by atoms with Crippen molar-refractivity contribution in [3.8, 4) is 0 Å². The Hall–Kier alpha value is -1.82. The molecule has 0 radical (unpaired) electrons. The van der Waals surface area contributed by atoms with Crippen molar-refractivity contribution in [1.82, 2.24) is 4.90 Å². The quantitative estimate of drug-likeness (QED) is 0.676. The molecule has 1 amide bonds. The van der Waals surface area contributed by atoms with Gasteiger partial charge in [0.25, 0.3) is 0 Å². The summed E-state index contributed by atoms with van der Waals surface area (Å²) in [6.45, 7) is 0.256. The van der Waals surface area contributed by atoms with Crippen LogP contribution in [0.5, 0.6) is 0 Å². The molecule has 1 aliphatic heterocycles. The van der Waals surface area contributed by atoms with Crippen molar-refractivity contribution < 1.29 is 13.2 Å². The van der Waals surface area contributed by atoms with Crippen LogP contribution in [0.3, 0.4) is 0 Å². The van der Waals surface area contributed by atoms with E-state index in [9.17, 15) is 13.2 Å². The molecule has 1 aliphatic rings. The maximum Gasteiger partial charge on any atom is 0.247 e. The fourth-order valence-corrected chi connectivity index (χ4v) is 5.21. The van der Waals surface area contributed by atoms with Crippen LogP contribution < -0.4 is 0 Å². The monoisotopic (exact) mass is 423 g/mol. The molecule has 2 aromatic carbocycles. The highest BCUT2D eigenvalue weighted by atomic mass is 35.5. The maximum absolute atomic E-state index is 12.9. The number of benzene rings is 2. The van der Waals surface area contributed by atoms with Gasteiger partial charge in [-0.2, -0.15) is 0 Å². The highest BCUT2D eigenvalue weighted by molar-refractivity contribution is 7.91. The number of halogens is 2. The van der Waals surface area contributed by atoms with Gasteiger partial charge in [-0.05, 0) is 35.8 Å². The first-order chi connectivity index (χ1) is 12.9. The molecular formula is C20H19Cl2NO3S. The molecule has 142 valence electrons. The Labute approximate surface area is 169 Å². The summed E-state index contributed by atoms with van der Waals surface area (Å²) < 4.78 is 23.8. The Morgan fingerprint density at radius 2 is 1.74 bits per heavy atom. The molecule has 1 saturated heterocycles. The first kappa shape index (κ1) is 19.9. The van der Waals surface area contributed by atoms with E-state index < -0.39 is 9.84 Å². The van der Waals surface area contributed by atoms with Crippen molar-refractivity contribution in [2.24, 2.45) is 0 Å². The first-order valence-electron chi connectivity index (χ1n) is 8.53. The molecule has 0 unspecified atom stereocenters. The minimum absolute atomic E-state index is 0.0247. The van der Waals surface area contributed by atoms with Crippen molar-refractivity contribution >= 4 is 45.0 Å². The standard InChI is InChI=1S/C20H19Cl2NO3S/c21-18-7-3-1-5-15(18)9-10-20(24)23(17-11-12-27(25,26)14-17)13-16-6-2-4-8-19(16)22/h1-10,17H,11-14H2/b10-9+/t17-/m1/s1. The van der Waals surface area contributed by atoms with E-state index >= 15 is 0 Å². The van der Waals surface area contributed by atoms with Gasteiger partial charge in [0, 0.05) is 28.7 Å². The number of amides is 1. The molecule has 3 rings (SSSR count). The van der Waals surface area contributed by atoms with Crippen LogP contribution in [0.1, 0.15) is 17.5 Å². The average molecular weight is 424 g/mol. The Balaban J connectivity index is 1.86. The van der Waals surface area contributed by atoms with E-state index in [4.69, 9.17) is 23.2 Å². The molecule has 1 atom stereocenters. The summed E-state index contributed by atoms with van der Waals surface area (Å²) in [5.74, 6) is -0.196. The first-order valence-corrected chi connectivity index (χ1v) is 11.1. The summed E-state index contributed by atoms with van der Waals surface area (Å²) in [6, 6.07) is 14.1. The number of hydrogen-bond donors (Lipinski definition) is 0. The molecule has 0 bridgehead atoms. The molecule has 0 spiro atoms. The van der Waals surface area contributed by atoms with Gasteiger partial charge < -0.3 is 4.90 Å². The van der Waals surface area contributed by atoms with Gasteiger partial charge in [-0.15, -0.1) is 0 Å². The molecule has 27 heavy (non-hydrogen) atoms. The number of sulfone groups is 1. The molecule has 0 N–H and O–H groups in total. The smallest absolute Gasteiger partial charge is 0.247 e. The molecule has 0 aliphatic carbocycles. The average Bonchev–Trinajstić information content (AvgIpc) is 2.99. The van der Waals surface area contributed by atoms with Gasteiger partial charge in [0.1, 0.15) is 0 Å². The van der Waals surface area contributed by atoms with Crippen molar-refractivity contribution in [3.05, 3.63) is 75.8 Å². The summed E-state index contributed by atoms with van der Waals surface area (Å²) >= 11 is 12.4. The van der Waals surface area contributed by atoms with E-state index in [-0.39, 0.29) is 30.0 Å². The zero-order valence-electron chi connectivity index (χ0n) is 14.5. The second-order valence-electron chi connectivity index (χ2n) is 6.47. The predicted octanol–water partition coefficient (Wildman–Crippen LogP) is 4.22. The molecule has 4 nitrogen and oxygen atoms in total. The largest absolute Gasteiger partial charge is 0.331 e. The van der Waals surface area contributed by atoms with Crippen LogP contribution >= 0.6 is 23.2 Å². The number of rotatable bonds is 5. The van der Waals surface area contributed by atoms with E-state index in [0.717, 1.165) is 11.1 Å². The summed E-state index contributed by atoms with van der Waals surface area (Å²) in [5.41, 5.74) is 1.51. The lowest BCUT2D eigenvalue weighted by molar-refractivity contribution is -0.128. The Bertz CT molecular complexity index is 973. The fraction of sp³-hybridized carbons (Fsp3) is 0.250. The number of carbonyl (C=O) groups is 1. The zero-order valence-corrected chi connectivity index (χ0v) is 16.8. The number of carbonyl (C=O) groups excluding carboxylic acids is 1. The van der Waals surface area contributed by atoms with Crippen LogP contribution in [0, 0.1) is 0 Å². The minimum atomic E-state index is -3.12. The maximum atomic E-state index is 12.9. The SMILES string of the molecule is O=C(/C=C/c1ccccc1Cl)N(Cc1ccccc1Cl)[C@@H]1CCS(=O)(=O)C1. The third-order valence-electron chi connectivity index (χ3n) is 4.54. The van der Waals surface area contributed by atoms with Gasteiger partial charge in [0.2, 0.25) is 5.91 Å². The van der Waals surface area contributed by atoms with Crippen LogP contribution in [0.4, 0.5) is 0 Å². The van der Waals surface area contributed by atoms with Crippen molar-refractivity contribution in [3.63, 3.8) is 0 Å². The van der Waals surface area contributed by atoms with Crippen molar-refractivity contribution in [2.45, 2.75) is 19.0 Å². The lowest BCUT2D eigenvalue weighted by Crippen LogP contribution is -2.39. The molecule has 1 fully saturated rings. The van der Waals surface area contributed by atoms with Crippen LogP contribution in [-0.4, -0.2) is 36.8 Å². The summed E-state index contributed by atoms with van der Waals surface area (Å²) in [4.78, 5) is 14.5. The van der Waals surface area contributed by atoms with Gasteiger partial charge >= 0.3 is 0 Å². The predicted molar refractivity (Wildman–Crippen MR) is 110 cm³/mol. The van der Waals surface area contributed by atoms with Crippen LogP contribution in [-0.2, 0) is 21.2 Å². The number of nitrogens with zero attached hydrogens (tertiary/aromatic N) is 1. The third-order valence-corrected chi connectivity index (χ3v) is 7.00. The van der Waals surface area contributed by atoms with Crippen LogP contribution in [0.2, 0.25) is 10.0 Å². The van der Waals surface area contributed by atoms with Gasteiger partial charge in [0.15, 0.2) is 9.84 Å². The van der Waals surface area contributed by atoms with Crippen molar-refractivity contribution in [1.29, 1.82) is 0 Å². The summed E-state index contributed by atoms with van der Waals surface area (Å²) in [5, 5.41) is 1.09. The highest BCUT2D eigenvalue weighted by Crippen LogP contribution is 2.24. The van der Waals surface area contributed by atoms with Gasteiger partial charge in [0.05, 0.1) is 11.5 Å². The molecular weight excluding hydrogens is 405 g/mol. The second-order valence-corrected chi connectivity index (χ2v) is 9.51. The Morgan fingerprint density at radius 3 is 2.37 bits per heavy atom. The van der Waals surface area contributed by atoms with Gasteiger partial charge in [-0.25, -0.2) is 8.42 Å². The normalized spacial score (nSPS) is 18.7. The number of hydrogen-bond acceptors (Lipinski definition) is 3. The molecule has 0 saturated carbocycles. The molecule has 0 aromatic heterocycles.